The standard InChI is InChI=1S/C25H34N4O2S/c1-19-17-21(29-12-2-3-13-29)6-7-23(19)27-24(30)18-28-14-9-20(10-15-28)25(31)26-11-8-22-5-4-16-32-22/h4-7,16-17,20H,2-3,8-15,18H2,1H3,(H,26,31)(H,27,30). The van der Waals surface area contributed by atoms with Gasteiger partial charge in [-0.3, -0.25) is 14.5 Å². The second-order valence-electron chi connectivity index (χ2n) is 8.91. The Bertz CT molecular complexity index is 901. The second-order valence-corrected chi connectivity index (χ2v) is 9.94. The molecule has 2 aliphatic heterocycles. The number of hydrogen-bond donors (Lipinski definition) is 2. The molecule has 0 atom stereocenters. The maximum atomic E-state index is 12.6. The summed E-state index contributed by atoms with van der Waals surface area (Å²) in [5.41, 5.74) is 3.23. The first kappa shape index (κ1) is 22.8. The molecule has 6 nitrogen and oxygen atoms in total. The molecule has 2 aliphatic rings. The van der Waals surface area contributed by atoms with E-state index in [1.165, 1.54) is 23.4 Å². The first-order chi connectivity index (χ1) is 15.6. The molecule has 172 valence electrons. The molecular weight excluding hydrogens is 420 g/mol. The molecular formula is C25H34N4O2S. The molecule has 4 rings (SSSR count). The third-order valence-corrected chi connectivity index (χ3v) is 7.47. The van der Waals surface area contributed by atoms with Crippen molar-refractivity contribution in [3.8, 4) is 0 Å². The van der Waals surface area contributed by atoms with E-state index in [0.29, 0.717) is 13.1 Å². The molecule has 0 aliphatic carbocycles. The van der Waals surface area contributed by atoms with Crippen molar-refractivity contribution in [2.75, 3.05) is 49.5 Å². The number of carbonyl (C=O) groups is 2. The number of likely N-dealkylation sites (tertiary alicyclic amines) is 1. The summed E-state index contributed by atoms with van der Waals surface area (Å²) < 4.78 is 0. The smallest absolute Gasteiger partial charge is 0.238 e. The molecule has 2 aromatic rings. The molecule has 7 heteroatoms. The van der Waals surface area contributed by atoms with Gasteiger partial charge in [-0.05, 0) is 87.3 Å². The van der Waals surface area contributed by atoms with Gasteiger partial charge in [0.15, 0.2) is 0 Å². The van der Waals surface area contributed by atoms with Gasteiger partial charge in [-0.15, -0.1) is 11.3 Å². The van der Waals surface area contributed by atoms with E-state index in [4.69, 9.17) is 0 Å². The summed E-state index contributed by atoms with van der Waals surface area (Å²) in [7, 11) is 0. The average Bonchev–Trinajstić information content (AvgIpc) is 3.50. The van der Waals surface area contributed by atoms with Gasteiger partial charge in [-0.1, -0.05) is 6.07 Å². The topological polar surface area (TPSA) is 64.7 Å². The summed E-state index contributed by atoms with van der Waals surface area (Å²) >= 11 is 1.73. The van der Waals surface area contributed by atoms with Gasteiger partial charge < -0.3 is 15.5 Å². The molecule has 0 spiro atoms. The van der Waals surface area contributed by atoms with Crippen molar-refractivity contribution in [2.24, 2.45) is 5.92 Å². The van der Waals surface area contributed by atoms with E-state index in [1.54, 1.807) is 11.3 Å². The number of carbonyl (C=O) groups excluding carboxylic acids is 2. The number of amides is 2. The van der Waals surface area contributed by atoms with Crippen molar-refractivity contribution in [1.82, 2.24) is 10.2 Å². The van der Waals surface area contributed by atoms with E-state index in [1.807, 2.05) is 12.1 Å². The zero-order chi connectivity index (χ0) is 22.3. The monoisotopic (exact) mass is 454 g/mol. The Hall–Kier alpha value is -2.38. The lowest BCUT2D eigenvalue weighted by molar-refractivity contribution is -0.126. The van der Waals surface area contributed by atoms with Crippen LogP contribution >= 0.6 is 11.3 Å². The quantitative estimate of drug-likeness (QED) is 0.639. The van der Waals surface area contributed by atoms with Crippen LogP contribution in [0.4, 0.5) is 11.4 Å². The molecule has 3 heterocycles. The van der Waals surface area contributed by atoms with Gasteiger partial charge in [-0.25, -0.2) is 0 Å². The van der Waals surface area contributed by atoms with Crippen molar-refractivity contribution in [2.45, 2.75) is 39.0 Å². The predicted octanol–water partition coefficient (Wildman–Crippen LogP) is 3.67. The van der Waals surface area contributed by atoms with Crippen LogP contribution in [-0.2, 0) is 16.0 Å². The van der Waals surface area contributed by atoms with Crippen molar-refractivity contribution in [3.05, 3.63) is 46.2 Å². The van der Waals surface area contributed by atoms with Crippen LogP contribution in [-0.4, -0.2) is 56.0 Å². The lowest BCUT2D eigenvalue weighted by Gasteiger charge is -2.30. The molecule has 0 unspecified atom stereocenters. The van der Waals surface area contributed by atoms with Crippen LogP contribution in [0.15, 0.2) is 35.7 Å². The number of piperidine rings is 1. The van der Waals surface area contributed by atoms with Crippen LogP contribution in [0, 0.1) is 12.8 Å². The molecule has 2 amide bonds. The molecule has 0 saturated carbocycles. The van der Waals surface area contributed by atoms with E-state index in [9.17, 15) is 9.59 Å². The molecule has 0 radical (unpaired) electrons. The summed E-state index contributed by atoms with van der Waals surface area (Å²) in [5.74, 6) is 0.221. The van der Waals surface area contributed by atoms with Crippen LogP contribution in [0.25, 0.3) is 0 Å². The van der Waals surface area contributed by atoms with Crippen LogP contribution in [0.5, 0.6) is 0 Å². The van der Waals surface area contributed by atoms with E-state index >= 15 is 0 Å². The normalized spacial score (nSPS) is 17.5. The predicted molar refractivity (Wildman–Crippen MR) is 131 cm³/mol. The Labute approximate surface area is 195 Å². The van der Waals surface area contributed by atoms with Crippen molar-refractivity contribution < 1.29 is 9.59 Å². The minimum absolute atomic E-state index is 0.0147. The SMILES string of the molecule is Cc1cc(N2CCCC2)ccc1NC(=O)CN1CCC(C(=O)NCCc2cccs2)CC1. The Balaban J connectivity index is 1.18. The Kier molecular flexibility index (Phi) is 7.81. The Morgan fingerprint density at radius 2 is 1.88 bits per heavy atom. The van der Waals surface area contributed by atoms with E-state index in [-0.39, 0.29) is 17.7 Å². The number of aryl methyl sites for hydroxylation is 1. The van der Waals surface area contributed by atoms with Crippen LogP contribution in [0.2, 0.25) is 0 Å². The fraction of sp³-hybridized carbons (Fsp3) is 0.520. The zero-order valence-electron chi connectivity index (χ0n) is 18.9. The van der Waals surface area contributed by atoms with Crippen molar-refractivity contribution in [3.63, 3.8) is 0 Å². The molecule has 1 aromatic heterocycles. The number of anilines is 2. The molecule has 2 N–H and O–H groups in total. The molecule has 32 heavy (non-hydrogen) atoms. The molecule has 2 saturated heterocycles. The third-order valence-electron chi connectivity index (χ3n) is 6.53. The summed E-state index contributed by atoms with van der Waals surface area (Å²) in [6.45, 7) is 6.92. The second kappa shape index (κ2) is 11.0. The van der Waals surface area contributed by atoms with Crippen LogP contribution < -0.4 is 15.5 Å². The van der Waals surface area contributed by atoms with Gasteiger partial charge in [0.2, 0.25) is 11.8 Å². The summed E-state index contributed by atoms with van der Waals surface area (Å²) in [4.78, 5) is 30.9. The largest absolute Gasteiger partial charge is 0.372 e. The fourth-order valence-corrected chi connectivity index (χ4v) is 5.32. The van der Waals surface area contributed by atoms with Gasteiger partial charge in [0.25, 0.3) is 0 Å². The lowest BCUT2D eigenvalue weighted by Crippen LogP contribution is -2.43. The van der Waals surface area contributed by atoms with E-state index in [2.05, 4.69) is 50.9 Å². The molecule has 0 bridgehead atoms. The van der Waals surface area contributed by atoms with Gasteiger partial charge in [0.05, 0.1) is 6.54 Å². The van der Waals surface area contributed by atoms with Gasteiger partial charge in [-0.2, -0.15) is 0 Å². The summed E-state index contributed by atoms with van der Waals surface area (Å²) in [5, 5.41) is 8.21. The lowest BCUT2D eigenvalue weighted by atomic mass is 9.96. The van der Waals surface area contributed by atoms with Crippen LogP contribution in [0.1, 0.15) is 36.1 Å². The van der Waals surface area contributed by atoms with Gasteiger partial charge >= 0.3 is 0 Å². The fourth-order valence-electron chi connectivity index (χ4n) is 4.61. The number of thiophene rings is 1. The highest BCUT2D eigenvalue weighted by atomic mass is 32.1. The third kappa shape index (κ3) is 6.11. The molecule has 2 fully saturated rings. The van der Waals surface area contributed by atoms with E-state index < -0.39 is 0 Å². The molecule has 1 aromatic carbocycles. The average molecular weight is 455 g/mol. The highest BCUT2D eigenvalue weighted by Gasteiger charge is 2.26. The van der Waals surface area contributed by atoms with Crippen LogP contribution in [0.3, 0.4) is 0 Å². The van der Waals surface area contributed by atoms with E-state index in [0.717, 1.165) is 56.7 Å². The van der Waals surface area contributed by atoms with Gasteiger partial charge in [0, 0.05) is 41.8 Å². The Morgan fingerprint density at radius 3 is 2.56 bits per heavy atom. The maximum Gasteiger partial charge on any atom is 0.238 e. The van der Waals surface area contributed by atoms with Gasteiger partial charge in [0.1, 0.15) is 0 Å². The first-order valence-corrected chi connectivity index (χ1v) is 12.6. The Morgan fingerprint density at radius 1 is 1.09 bits per heavy atom. The summed E-state index contributed by atoms with van der Waals surface area (Å²) in [6.07, 6.45) is 5.01. The maximum absolute atomic E-state index is 12.6. The minimum atomic E-state index is 0.0147. The number of nitrogens with one attached hydrogen (secondary N) is 2. The highest BCUT2D eigenvalue weighted by molar-refractivity contribution is 7.09. The highest BCUT2D eigenvalue weighted by Crippen LogP contribution is 2.25. The number of nitrogens with zero attached hydrogens (tertiary/aromatic N) is 2. The first-order valence-electron chi connectivity index (χ1n) is 11.8. The summed E-state index contributed by atoms with van der Waals surface area (Å²) in [6, 6.07) is 10.4. The van der Waals surface area contributed by atoms with Crippen molar-refractivity contribution >= 4 is 34.5 Å². The number of rotatable bonds is 8. The van der Waals surface area contributed by atoms with Crippen molar-refractivity contribution in [1.29, 1.82) is 0 Å². The number of hydrogen-bond acceptors (Lipinski definition) is 5. The number of benzene rings is 1. The zero-order valence-corrected chi connectivity index (χ0v) is 19.8. The minimum Gasteiger partial charge on any atom is -0.372 e.